The van der Waals surface area contributed by atoms with Crippen molar-refractivity contribution in [2.75, 3.05) is 25.1 Å². The number of ether oxygens (including phenoxy) is 1. The molecule has 0 radical (unpaired) electrons. The van der Waals surface area contributed by atoms with Crippen LogP contribution in [0.4, 0.5) is 5.82 Å². The highest BCUT2D eigenvalue weighted by Crippen LogP contribution is 2.35. The van der Waals surface area contributed by atoms with E-state index in [1.807, 2.05) is 19.1 Å². The quantitative estimate of drug-likeness (QED) is 0.856. The summed E-state index contributed by atoms with van der Waals surface area (Å²) in [4.78, 5) is 4.40. The van der Waals surface area contributed by atoms with Crippen LogP contribution in [-0.4, -0.2) is 24.7 Å². The van der Waals surface area contributed by atoms with E-state index in [0.717, 1.165) is 48.5 Å². The number of rotatable bonds is 4. The van der Waals surface area contributed by atoms with E-state index in [-0.39, 0.29) is 5.41 Å². The smallest absolute Gasteiger partial charge is 0.145 e. The molecule has 2 heterocycles. The Hall–Kier alpha value is -1.90. The SMILES string of the molecule is Cc1ccc(NCC2(c3ccc(Br)cc3)CCOCC2)nc1C#N. The first-order valence-electron chi connectivity index (χ1n) is 8.08. The maximum absolute atomic E-state index is 9.15. The molecule has 1 N–H and O–H groups in total. The van der Waals surface area contributed by atoms with Crippen molar-refractivity contribution in [3.8, 4) is 6.07 Å². The van der Waals surface area contributed by atoms with Crippen LogP contribution in [0.5, 0.6) is 0 Å². The van der Waals surface area contributed by atoms with Crippen LogP contribution in [0, 0.1) is 18.3 Å². The second-order valence-corrected chi connectivity index (χ2v) is 7.14. The predicted octanol–water partition coefficient (Wildman–Crippen LogP) is 4.18. The molecular weight excluding hydrogens is 366 g/mol. The van der Waals surface area contributed by atoms with Crippen molar-refractivity contribution in [2.45, 2.75) is 25.2 Å². The van der Waals surface area contributed by atoms with Crippen molar-refractivity contribution in [1.29, 1.82) is 5.26 Å². The van der Waals surface area contributed by atoms with Crippen molar-refractivity contribution >= 4 is 21.7 Å². The highest BCUT2D eigenvalue weighted by molar-refractivity contribution is 9.10. The molecule has 124 valence electrons. The summed E-state index contributed by atoms with van der Waals surface area (Å²) in [5.41, 5.74) is 2.72. The van der Waals surface area contributed by atoms with Crippen LogP contribution in [-0.2, 0) is 10.2 Å². The zero-order valence-electron chi connectivity index (χ0n) is 13.7. The molecule has 0 unspecified atom stereocenters. The second-order valence-electron chi connectivity index (χ2n) is 6.23. The van der Waals surface area contributed by atoms with Crippen LogP contribution in [0.1, 0.15) is 29.7 Å². The zero-order valence-corrected chi connectivity index (χ0v) is 15.3. The van der Waals surface area contributed by atoms with Crippen LogP contribution in [0.25, 0.3) is 0 Å². The van der Waals surface area contributed by atoms with E-state index in [9.17, 15) is 0 Å². The Morgan fingerprint density at radius 3 is 2.58 bits per heavy atom. The topological polar surface area (TPSA) is 57.9 Å². The molecule has 3 rings (SSSR count). The number of pyridine rings is 1. The molecule has 1 aromatic heterocycles. The minimum atomic E-state index is 0.0261. The fourth-order valence-corrected chi connectivity index (χ4v) is 3.40. The lowest BCUT2D eigenvalue weighted by molar-refractivity contribution is 0.0543. The average molecular weight is 386 g/mol. The number of hydrogen-bond acceptors (Lipinski definition) is 4. The first-order chi connectivity index (χ1) is 11.6. The standard InChI is InChI=1S/C19H20BrN3O/c1-14-2-7-18(23-17(14)12-21)22-13-19(8-10-24-11-9-19)15-3-5-16(20)6-4-15/h2-7H,8-11,13H2,1H3,(H,22,23). The molecule has 0 aliphatic carbocycles. The molecule has 1 aliphatic heterocycles. The van der Waals surface area contributed by atoms with Crippen LogP contribution < -0.4 is 5.32 Å². The highest BCUT2D eigenvalue weighted by Gasteiger charge is 2.34. The van der Waals surface area contributed by atoms with Gasteiger partial charge in [-0.1, -0.05) is 34.1 Å². The van der Waals surface area contributed by atoms with E-state index in [4.69, 9.17) is 10.00 Å². The molecule has 1 aromatic carbocycles. The third-order valence-corrected chi connectivity index (χ3v) is 5.25. The summed E-state index contributed by atoms with van der Waals surface area (Å²) in [6.07, 6.45) is 1.94. The lowest BCUT2D eigenvalue weighted by Gasteiger charge is -2.38. The summed E-state index contributed by atoms with van der Waals surface area (Å²) < 4.78 is 6.66. The van der Waals surface area contributed by atoms with Gasteiger partial charge in [-0.2, -0.15) is 5.26 Å². The van der Waals surface area contributed by atoms with Gasteiger partial charge in [-0.25, -0.2) is 4.98 Å². The number of nitrogens with zero attached hydrogens (tertiary/aromatic N) is 2. The van der Waals surface area contributed by atoms with Crippen LogP contribution in [0.15, 0.2) is 40.9 Å². The normalized spacial score (nSPS) is 16.4. The molecule has 4 nitrogen and oxygen atoms in total. The maximum Gasteiger partial charge on any atom is 0.145 e. The van der Waals surface area contributed by atoms with Crippen molar-refractivity contribution in [1.82, 2.24) is 4.98 Å². The fourth-order valence-electron chi connectivity index (χ4n) is 3.13. The molecule has 1 saturated heterocycles. The molecule has 0 spiro atoms. The van der Waals surface area contributed by atoms with Gasteiger partial charge in [-0.05, 0) is 49.1 Å². The first-order valence-corrected chi connectivity index (χ1v) is 8.88. The summed E-state index contributed by atoms with van der Waals surface area (Å²) >= 11 is 3.50. The third kappa shape index (κ3) is 3.61. The van der Waals surface area contributed by atoms with E-state index >= 15 is 0 Å². The predicted molar refractivity (Wildman–Crippen MR) is 98.1 cm³/mol. The fraction of sp³-hybridized carbons (Fsp3) is 0.368. The molecule has 0 atom stereocenters. The summed E-state index contributed by atoms with van der Waals surface area (Å²) in [6, 6.07) is 14.6. The Labute approximate surface area is 151 Å². The van der Waals surface area contributed by atoms with Crippen LogP contribution in [0.3, 0.4) is 0 Å². The van der Waals surface area contributed by atoms with Gasteiger partial charge < -0.3 is 10.1 Å². The second kappa shape index (κ2) is 7.33. The lowest BCUT2D eigenvalue weighted by Crippen LogP contribution is -2.40. The molecule has 24 heavy (non-hydrogen) atoms. The van der Waals surface area contributed by atoms with Gasteiger partial charge in [0.25, 0.3) is 0 Å². The summed E-state index contributed by atoms with van der Waals surface area (Å²) in [7, 11) is 0. The number of aromatic nitrogens is 1. The van der Waals surface area contributed by atoms with Crippen molar-refractivity contribution in [3.63, 3.8) is 0 Å². The first kappa shape index (κ1) is 16.9. The molecule has 1 fully saturated rings. The van der Waals surface area contributed by atoms with Gasteiger partial charge in [0.05, 0.1) is 0 Å². The lowest BCUT2D eigenvalue weighted by atomic mass is 9.74. The van der Waals surface area contributed by atoms with Crippen molar-refractivity contribution in [3.05, 3.63) is 57.7 Å². The van der Waals surface area contributed by atoms with Gasteiger partial charge in [0.2, 0.25) is 0 Å². The van der Waals surface area contributed by atoms with E-state index in [1.165, 1.54) is 5.56 Å². The van der Waals surface area contributed by atoms with E-state index in [1.54, 1.807) is 0 Å². The Morgan fingerprint density at radius 2 is 1.92 bits per heavy atom. The number of anilines is 1. The number of hydrogen-bond donors (Lipinski definition) is 1. The third-order valence-electron chi connectivity index (χ3n) is 4.72. The molecule has 1 aliphatic rings. The molecule has 0 saturated carbocycles. The van der Waals surface area contributed by atoms with Gasteiger partial charge in [0, 0.05) is 29.6 Å². The molecule has 2 aromatic rings. The summed E-state index contributed by atoms with van der Waals surface area (Å²) in [5.74, 6) is 0.750. The molecule has 0 amide bonds. The van der Waals surface area contributed by atoms with Gasteiger partial charge in [-0.15, -0.1) is 0 Å². The van der Waals surface area contributed by atoms with Crippen molar-refractivity contribution < 1.29 is 4.74 Å². The van der Waals surface area contributed by atoms with Gasteiger partial charge in [-0.3, -0.25) is 0 Å². The Morgan fingerprint density at radius 1 is 1.21 bits per heavy atom. The zero-order chi connectivity index (χ0) is 17.0. The minimum absolute atomic E-state index is 0.0261. The average Bonchev–Trinajstić information content (AvgIpc) is 2.62. The minimum Gasteiger partial charge on any atom is -0.381 e. The number of halogens is 1. The Balaban J connectivity index is 1.83. The highest BCUT2D eigenvalue weighted by atomic mass is 79.9. The largest absolute Gasteiger partial charge is 0.381 e. The van der Waals surface area contributed by atoms with Gasteiger partial charge in [0.1, 0.15) is 17.6 Å². The monoisotopic (exact) mass is 385 g/mol. The van der Waals surface area contributed by atoms with Gasteiger partial charge in [0.15, 0.2) is 0 Å². The number of aryl methyl sites for hydroxylation is 1. The van der Waals surface area contributed by atoms with Crippen LogP contribution >= 0.6 is 15.9 Å². The molecule has 5 heteroatoms. The van der Waals surface area contributed by atoms with E-state index < -0.39 is 0 Å². The molecular formula is C19H20BrN3O. The van der Waals surface area contributed by atoms with E-state index in [2.05, 4.69) is 56.6 Å². The number of benzene rings is 1. The Kier molecular flexibility index (Phi) is 5.17. The summed E-state index contributed by atoms with van der Waals surface area (Å²) in [6.45, 7) is 4.21. The van der Waals surface area contributed by atoms with Crippen LogP contribution in [0.2, 0.25) is 0 Å². The van der Waals surface area contributed by atoms with Gasteiger partial charge >= 0.3 is 0 Å². The number of nitrogens with one attached hydrogen (secondary N) is 1. The van der Waals surface area contributed by atoms with E-state index in [0.29, 0.717) is 5.69 Å². The number of nitriles is 1. The maximum atomic E-state index is 9.15. The molecule has 0 bridgehead atoms. The van der Waals surface area contributed by atoms with Crippen molar-refractivity contribution in [2.24, 2.45) is 0 Å². The Bertz CT molecular complexity index is 746. The summed E-state index contributed by atoms with van der Waals surface area (Å²) in [5, 5.41) is 12.6.